The summed E-state index contributed by atoms with van der Waals surface area (Å²) >= 11 is 0. The summed E-state index contributed by atoms with van der Waals surface area (Å²) in [6.07, 6.45) is 2.50. The summed E-state index contributed by atoms with van der Waals surface area (Å²) in [5.74, 6) is 1.09. The van der Waals surface area contributed by atoms with Gasteiger partial charge in [0.1, 0.15) is 24.0 Å². The predicted molar refractivity (Wildman–Crippen MR) is 102 cm³/mol. The number of aryl methyl sites for hydroxylation is 1. The maximum absolute atomic E-state index is 12.9. The molecule has 0 bridgehead atoms. The lowest BCUT2D eigenvalue weighted by molar-refractivity contribution is 0.305. The van der Waals surface area contributed by atoms with Crippen molar-refractivity contribution in [2.45, 2.75) is 20.0 Å². The number of fused-ring (bicyclic) bond motifs is 1. The number of hydrogen-bond donors (Lipinski definition) is 1. The Kier molecular flexibility index (Phi) is 4.46. The Hall–Kier alpha value is -3.41. The third-order valence-corrected chi connectivity index (χ3v) is 4.34. The molecule has 2 aromatic heterocycles. The molecule has 4 rings (SSSR count). The Bertz CT molecular complexity index is 1150. The first kappa shape index (κ1) is 17.0. The van der Waals surface area contributed by atoms with Crippen LogP contribution in [0.15, 0.2) is 65.6 Å². The molecule has 0 aliphatic heterocycles. The van der Waals surface area contributed by atoms with E-state index in [2.05, 4.69) is 9.97 Å². The highest BCUT2D eigenvalue weighted by atomic mass is 19.1. The van der Waals surface area contributed by atoms with Crippen LogP contribution in [0.4, 0.5) is 4.39 Å². The number of nitrogens with zero attached hydrogens (tertiary/aromatic N) is 2. The summed E-state index contributed by atoms with van der Waals surface area (Å²) in [6.45, 7) is 2.30. The van der Waals surface area contributed by atoms with Gasteiger partial charge in [0.15, 0.2) is 0 Å². The van der Waals surface area contributed by atoms with Gasteiger partial charge in [-0.05, 0) is 42.0 Å². The lowest BCUT2D eigenvalue weighted by Gasteiger charge is -2.09. The van der Waals surface area contributed by atoms with Gasteiger partial charge in [0.05, 0.1) is 16.7 Å². The lowest BCUT2D eigenvalue weighted by atomic mass is 10.2. The first-order chi connectivity index (χ1) is 13.1. The zero-order chi connectivity index (χ0) is 18.8. The average Bonchev–Trinajstić information content (AvgIpc) is 3.10. The van der Waals surface area contributed by atoms with Crippen LogP contribution >= 0.6 is 0 Å². The molecular formula is C21H18FN3O2. The molecular weight excluding hydrogens is 345 g/mol. The maximum atomic E-state index is 12.9. The van der Waals surface area contributed by atoms with Crippen molar-refractivity contribution in [2.75, 3.05) is 0 Å². The zero-order valence-corrected chi connectivity index (χ0v) is 14.8. The summed E-state index contributed by atoms with van der Waals surface area (Å²) in [5, 5.41) is 0. The number of pyridine rings is 1. The van der Waals surface area contributed by atoms with Crippen molar-refractivity contribution in [1.82, 2.24) is 14.5 Å². The highest BCUT2D eigenvalue weighted by molar-refractivity contribution is 5.77. The molecule has 0 atom stereocenters. The van der Waals surface area contributed by atoms with E-state index in [1.807, 2.05) is 25.1 Å². The van der Waals surface area contributed by atoms with Gasteiger partial charge in [-0.15, -0.1) is 0 Å². The van der Waals surface area contributed by atoms with Gasteiger partial charge >= 0.3 is 0 Å². The topological polar surface area (TPSA) is 59.9 Å². The summed E-state index contributed by atoms with van der Waals surface area (Å²) in [5.41, 5.74) is 3.16. The molecule has 2 aromatic carbocycles. The summed E-state index contributed by atoms with van der Waals surface area (Å²) in [4.78, 5) is 20.2. The van der Waals surface area contributed by atoms with Crippen LogP contribution in [-0.2, 0) is 13.0 Å². The van der Waals surface area contributed by atoms with Crippen molar-refractivity contribution in [2.24, 2.45) is 0 Å². The van der Waals surface area contributed by atoms with Crippen molar-refractivity contribution in [3.8, 4) is 11.4 Å². The molecule has 27 heavy (non-hydrogen) atoms. The number of nitrogens with one attached hydrogen (secondary N) is 1. The predicted octanol–water partition coefficient (Wildman–Crippen LogP) is 3.99. The molecule has 0 aliphatic rings. The highest BCUT2D eigenvalue weighted by Crippen LogP contribution is 2.17. The van der Waals surface area contributed by atoms with E-state index < -0.39 is 0 Å². The number of halogens is 1. The third-order valence-electron chi connectivity index (χ3n) is 4.34. The number of aromatic nitrogens is 3. The van der Waals surface area contributed by atoms with Crippen LogP contribution in [0.5, 0.6) is 5.75 Å². The van der Waals surface area contributed by atoms with Crippen LogP contribution < -0.4 is 10.3 Å². The zero-order valence-electron chi connectivity index (χ0n) is 14.8. The molecule has 136 valence electrons. The van der Waals surface area contributed by atoms with Crippen molar-refractivity contribution in [1.29, 1.82) is 0 Å². The van der Waals surface area contributed by atoms with Crippen LogP contribution in [0, 0.1) is 5.82 Å². The number of aromatic amines is 1. The number of benzene rings is 2. The average molecular weight is 363 g/mol. The van der Waals surface area contributed by atoms with Gasteiger partial charge in [0, 0.05) is 18.7 Å². The Morgan fingerprint density at radius 3 is 2.67 bits per heavy atom. The number of rotatable bonds is 5. The molecule has 4 aromatic rings. The van der Waals surface area contributed by atoms with Crippen molar-refractivity contribution in [3.05, 3.63) is 88.4 Å². The molecule has 1 N–H and O–H groups in total. The monoisotopic (exact) mass is 363 g/mol. The lowest BCUT2D eigenvalue weighted by Crippen LogP contribution is -2.16. The molecule has 2 heterocycles. The fourth-order valence-electron chi connectivity index (χ4n) is 2.88. The van der Waals surface area contributed by atoms with Gasteiger partial charge in [-0.3, -0.25) is 9.36 Å². The number of H-pyrrole nitrogens is 1. The number of ether oxygens (including phenoxy) is 1. The molecule has 0 spiro atoms. The molecule has 0 unspecified atom stereocenters. The van der Waals surface area contributed by atoms with E-state index in [0.717, 1.165) is 34.5 Å². The van der Waals surface area contributed by atoms with Gasteiger partial charge in [-0.25, -0.2) is 9.37 Å². The largest absolute Gasteiger partial charge is 0.489 e. The van der Waals surface area contributed by atoms with E-state index >= 15 is 0 Å². The fraction of sp³-hybridized carbons (Fsp3) is 0.143. The van der Waals surface area contributed by atoms with Crippen LogP contribution in [0.1, 0.15) is 18.3 Å². The van der Waals surface area contributed by atoms with Gasteiger partial charge in [-0.2, -0.15) is 0 Å². The quantitative estimate of drug-likeness (QED) is 0.583. The van der Waals surface area contributed by atoms with Gasteiger partial charge in [-0.1, -0.05) is 19.1 Å². The summed E-state index contributed by atoms with van der Waals surface area (Å²) in [7, 11) is 0. The standard InChI is InChI=1S/C21H18FN3O2/c1-2-20-23-18-8-7-16(11-19(18)24-20)25-10-9-17(12-21(25)26)27-13-14-3-5-15(22)6-4-14/h3-12H,2,13H2,1H3,(H,23,24). The van der Waals surface area contributed by atoms with Crippen molar-refractivity contribution >= 4 is 11.0 Å². The molecule has 0 amide bonds. The van der Waals surface area contributed by atoms with Crippen LogP contribution in [0.3, 0.4) is 0 Å². The molecule has 6 heteroatoms. The SMILES string of the molecule is CCc1nc2ccc(-n3ccc(OCc4ccc(F)cc4)cc3=O)cc2[nH]1. The maximum Gasteiger partial charge on any atom is 0.258 e. The Morgan fingerprint density at radius 1 is 1.11 bits per heavy atom. The summed E-state index contributed by atoms with van der Waals surface area (Å²) < 4.78 is 20.1. The van der Waals surface area contributed by atoms with Crippen molar-refractivity contribution < 1.29 is 9.13 Å². The molecule has 0 aliphatic carbocycles. The van der Waals surface area contributed by atoms with E-state index in [1.54, 1.807) is 29.0 Å². The van der Waals surface area contributed by atoms with Gasteiger partial charge < -0.3 is 9.72 Å². The second kappa shape index (κ2) is 7.07. The van der Waals surface area contributed by atoms with Crippen LogP contribution in [0.25, 0.3) is 16.7 Å². The minimum absolute atomic E-state index is 0.193. The molecule has 5 nitrogen and oxygen atoms in total. The molecule has 0 saturated heterocycles. The second-order valence-electron chi connectivity index (χ2n) is 6.22. The Balaban J connectivity index is 1.56. The minimum Gasteiger partial charge on any atom is -0.489 e. The molecule has 0 fully saturated rings. The van der Waals surface area contributed by atoms with Crippen LogP contribution in [-0.4, -0.2) is 14.5 Å². The highest BCUT2D eigenvalue weighted by Gasteiger charge is 2.06. The van der Waals surface area contributed by atoms with E-state index in [9.17, 15) is 9.18 Å². The first-order valence-electron chi connectivity index (χ1n) is 8.71. The van der Waals surface area contributed by atoms with Gasteiger partial charge in [0.25, 0.3) is 5.56 Å². The van der Waals surface area contributed by atoms with Gasteiger partial charge in [0.2, 0.25) is 0 Å². The summed E-state index contributed by atoms with van der Waals surface area (Å²) in [6, 6.07) is 14.9. The van der Waals surface area contributed by atoms with E-state index in [4.69, 9.17) is 4.74 Å². The van der Waals surface area contributed by atoms with Crippen LogP contribution in [0.2, 0.25) is 0 Å². The molecule has 0 radical (unpaired) electrons. The minimum atomic E-state index is -0.290. The Labute approximate surface area is 155 Å². The fourth-order valence-corrected chi connectivity index (χ4v) is 2.88. The number of imidazole rings is 1. The van der Waals surface area contributed by atoms with E-state index in [1.165, 1.54) is 18.2 Å². The number of hydrogen-bond acceptors (Lipinski definition) is 3. The normalized spacial score (nSPS) is 11.0. The third kappa shape index (κ3) is 3.60. The Morgan fingerprint density at radius 2 is 1.93 bits per heavy atom. The van der Waals surface area contributed by atoms with Crippen molar-refractivity contribution in [3.63, 3.8) is 0 Å². The first-order valence-corrected chi connectivity index (χ1v) is 8.71. The second-order valence-corrected chi connectivity index (χ2v) is 6.22. The molecule has 0 saturated carbocycles. The van der Waals surface area contributed by atoms with E-state index in [-0.39, 0.29) is 18.0 Å². The smallest absolute Gasteiger partial charge is 0.258 e. The van der Waals surface area contributed by atoms with E-state index in [0.29, 0.717) is 5.75 Å².